The van der Waals surface area contributed by atoms with Gasteiger partial charge in [-0.1, -0.05) is 13.0 Å². The van der Waals surface area contributed by atoms with Crippen molar-refractivity contribution in [3.63, 3.8) is 0 Å². The number of hydrogen-bond donors (Lipinski definition) is 2. The van der Waals surface area contributed by atoms with Crippen molar-refractivity contribution in [1.29, 1.82) is 0 Å². The summed E-state index contributed by atoms with van der Waals surface area (Å²) in [4.78, 5) is 2.34. The van der Waals surface area contributed by atoms with Gasteiger partial charge in [-0.2, -0.15) is 0 Å². The Labute approximate surface area is 120 Å². The molecule has 1 unspecified atom stereocenters. The van der Waals surface area contributed by atoms with E-state index in [4.69, 9.17) is 9.47 Å². The molecule has 6 heteroatoms. The van der Waals surface area contributed by atoms with Crippen LogP contribution in [0.4, 0.5) is 0 Å². The molecule has 1 atom stereocenters. The highest BCUT2D eigenvalue weighted by Crippen LogP contribution is 2.13. The second-order valence-corrected chi connectivity index (χ2v) is 5.09. The number of nitrogens with zero attached hydrogens (tertiary/aromatic N) is 1. The molecule has 0 aromatic heterocycles. The van der Waals surface area contributed by atoms with Crippen LogP contribution < -0.4 is 10.2 Å². The van der Waals surface area contributed by atoms with Gasteiger partial charge in [0.25, 0.3) is 0 Å². The number of benzene rings is 1. The third kappa shape index (κ3) is 3.96. The first-order chi connectivity index (χ1) is 9.60. The Morgan fingerprint density at radius 1 is 1.45 bits per heavy atom. The number of aryl methyl sites for hydroxylation is 1. The topological polar surface area (TPSA) is 62.2 Å². The highest BCUT2D eigenvalue weighted by molar-refractivity contribution is 6.59. The summed E-state index contributed by atoms with van der Waals surface area (Å²) in [5, 5.41) is 18.3. The number of ether oxygens (including phenoxy) is 2. The van der Waals surface area contributed by atoms with Gasteiger partial charge in [-0.15, -0.1) is 0 Å². The molecule has 0 aliphatic carbocycles. The lowest BCUT2D eigenvalue weighted by Crippen LogP contribution is -2.44. The van der Waals surface area contributed by atoms with Crippen LogP contribution in [0, 0.1) is 6.92 Å². The van der Waals surface area contributed by atoms with E-state index in [9.17, 15) is 10.0 Å². The lowest BCUT2D eigenvalue weighted by Gasteiger charge is -2.31. The normalized spacial score (nSPS) is 19.9. The zero-order valence-corrected chi connectivity index (χ0v) is 12.1. The first kappa shape index (κ1) is 15.3. The summed E-state index contributed by atoms with van der Waals surface area (Å²) in [7, 11) is -1.44. The van der Waals surface area contributed by atoms with Gasteiger partial charge in [0.1, 0.15) is 18.5 Å². The van der Waals surface area contributed by atoms with Gasteiger partial charge < -0.3 is 19.5 Å². The maximum atomic E-state index is 9.17. The molecule has 0 radical (unpaired) electrons. The SMILES string of the molecule is CCN1CCOC(COc2ccc(B(O)O)c(C)c2)C1. The minimum Gasteiger partial charge on any atom is -0.491 e. The molecule has 1 aromatic rings. The molecule has 1 heterocycles. The largest absolute Gasteiger partial charge is 0.491 e. The molecule has 2 rings (SSSR count). The number of likely N-dealkylation sites (N-methyl/N-ethyl adjacent to an activating group) is 1. The van der Waals surface area contributed by atoms with Gasteiger partial charge in [0.15, 0.2) is 0 Å². The Morgan fingerprint density at radius 2 is 2.25 bits per heavy atom. The molecule has 5 nitrogen and oxygen atoms in total. The summed E-state index contributed by atoms with van der Waals surface area (Å²) >= 11 is 0. The van der Waals surface area contributed by atoms with Gasteiger partial charge in [-0.25, -0.2) is 0 Å². The molecule has 110 valence electrons. The monoisotopic (exact) mass is 279 g/mol. The van der Waals surface area contributed by atoms with Crippen LogP contribution in [0.3, 0.4) is 0 Å². The van der Waals surface area contributed by atoms with E-state index in [2.05, 4.69) is 11.8 Å². The lowest BCUT2D eigenvalue weighted by molar-refractivity contribution is -0.0464. The highest BCUT2D eigenvalue weighted by atomic mass is 16.5. The highest BCUT2D eigenvalue weighted by Gasteiger charge is 2.20. The predicted octanol–water partition coefficient (Wildman–Crippen LogP) is -0.226. The molecule has 2 N–H and O–H groups in total. The third-order valence-corrected chi connectivity index (χ3v) is 3.63. The Hall–Kier alpha value is -1.08. The minimum atomic E-state index is -1.44. The fourth-order valence-corrected chi connectivity index (χ4v) is 2.39. The average molecular weight is 279 g/mol. The summed E-state index contributed by atoms with van der Waals surface area (Å²) < 4.78 is 11.4. The van der Waals surface area contributed by atoms with E-state index in [1.807, 2.05) is 13.0 Å². The van der Waals surface area contributed by atoms with E-state index in [0.717, 1.165) is 37.6 Å². The van der Waals surface area contributed by atoms with Crippen LogP contribution in [0.15, 0.2) is 18.2 Å². The molecular formula is C14H22BNO4. The Bertz CT molecular complexity index is 441. The summed E-state index contributed by atoms with van der Waals surface area (Å²) in [6, 6.07) is 5.24. The molecule has 0 saturated carbocycles. The van der Waals surface area contributed by atoms with Crippen molar-refractivity contribution in [3.8, 4) is 5.75 Å². The fourth-order valence-electron chi connectivity index (χ4n) is 2.39. The molecule has 0 bridgehead atoms. The van der Waals surface area contributed by atoms with E-state index < -0.39 is 7.12 Å². The van der Waals surface area contributed by atoms with Crippen LogP contribution in [-0.2, 0) is 4.74 Å². The zero-order valence-electron chi connectivity index (χ0n) is 12.1. The summed E-state index contributed by atoms with van der Waals surface area (Å²) in [5.74, 6) is 0.726. The van der Waals surface area contributed by atoms with Gasteiger partial charge in [-0.05, 0) is 36.6 Å². The Kier molecular flexibility index (Phi) is 5.42. The molecule has 1 aliphatic rings. The predicted molar refractivity (Wildman–Crippen MR) is 78.4 cm³/mol. The number of morpholine rings is 1. The standard InChI is InChI=1S/C14H22BNO4/c1-3-16-6-7-19-13(9-16)10-20-12-4-5-14(15(17)18)11(2)8-12/h4-5,8,13,17-18H,3,6-7,9-10H2,1-2H3. The van der Waals surface area contributed by atoms with Gasteiger partial charge in [0.05, 0.1) is 6.61 Å². The molecule has 1 saturated heterocycles. The van der Waals surface area contributed by atoms with Gasteiger partial charge in [0.2, 0.25) is 0 Å². The summed E-state index contributed by atoms with van der Waals surface area (Å²) in [6.07, 6.45) is 0.0899. The third-order valence-electron chi connectivity index (χ3n) is 3.63. The minimum absolute atomic E-state index is 0.0899. The van der Waals surface area contributed by atoms with Gasteiger partial charge in [-0.3, -0.25) is 4.90 Å². The first-order valence-corrected chi connectivity index (χ1v) is 7.03. The van der Waals surface area contributed by atoms with Crippen molar-refractivity contribution < 1.29 is 19.5 Å². The van der Waals surface area contributed by atoms with Crippen molar-refractivity contribution >= 4 is 12.6 Å². The van der Waals surface area contributed by atoms with Crippen molar-refractivity contribution in [3.05, 3.63) is 23.8 Å². The van der Waals surface area contributed by atoms with E-state index in [-0.39, 0.29) is 6.10 Å². The Balaban J connectivity index is 1.89. The quantitative estimate of drug-likeness (QED) is 0.729. The molecule has 1 fully saturated rings. The van der Waals surface area contributed by atoms with Crippen LogP contribution in [-0.4, -0.2) is 61.0 Å². The number of hydrogen-bond acceptors (Lipinski definition) is 5. The van der Waals surface area contributed by atoms with Crippen molar-refractivity contribution in [2.45, 2.75) is 20.0 Å². The van der Waals surface area contributed by atoms with Crippen LogP contribution >= 0.6 is 0 Å². The molecule has 0 amide bonds. The van der Waals surface area contributed by atoms with E-state index in [1.165, 1.54) is 0 Å². The van der Waals surface area contributed by atoms with Crippen molar-refractivity contribution in [2.24, 2.45) is 0 Å². The molecule has 0 spiro atoms. The molecule has 20 heavy (non-hydrogen) atoms. The van der Waals surface area contributed by atoms with Crippen LogP contribution in [0.2, 0.25) is 0 Å². The van der Waals surface area contributed by atoms with Crippen molar-refractivity contribution in [2.75, 3.05) is 32.8 Å². The van der Waals surface area contributed by atoms with Gasteiger partial charge >= 0.3 is 7.12 Å². The lowest BCUT2D eigenvalue weighted by atomic mass is 9.77. The number of rotatable bonds is 5. The average Bonchev–Trinajstić information content (AvgIpc) is 2.45. The fraction of sp³-hybridized carbons (Fsp3) is 0.571. The van der Waals surface area contributed by atoms with Crippen LogP contribution in [0.5, 0.6) is 5.75 Å². The van der Waals surface area contributed by atoms with E-state index in [1.54, 1.807) is 12.1 Å². The maximum absolute atomic E-state index is 9.17. The second-order valence-electron chi connectivity index (χ2n) is 5.09. The zero-order chi connectivity index (χ0) is 14.5. The van der Waals surface area contributed by atoms with Gasteiger partial charge in [0, 0.05) is 13.1 Å². The van der Waals surface area contributed by atoms with E-state index in [0.29, 0.717) is 12.1 Å². The van der Waals surface area contributed by atoms with E-state index >= 15 is 0 Å². The second kappa shape index (κ2) is 7.08. The van der Waals surface area contributed by atoms with Crippen LogP contribution in [0.1, 0.15) is 12.5 Å². The Morgan fingerprint density at radius 3 is 2.90 bits per heavy atom. The molecule has 1 aliphatic heterocycles. The van der Waals surface area contributed by atoms with Crippen LogP contribution in [0.25, 0.3) is 0 Å². The summed E-state index contributed by atoms with van der Waals surface area (Å²) in [5.41, 5.74) is 1.31. The first-order valence-electron chi connectivity index (χ1n) is 7.03. The van der Waals surface area contributed by atoms with Crippen molar-refractivity contribution in [1.82, 2.24) is 4.90 Å². The maximum Gasteiger partial charge on any atom is 0.488 e. The molecule has 1 aromatic carbocycles. The summed E-state index contributed by atoms with van der Waals surface area (Å²) in [6.45, 7) is 8.14. The molecular weight excluding hydrogens is 257 g/mol. The smallest absolute Gasteiger partial charge is 0.488 e.